The number of fused-ring (bicyclic) bond motifs is 5. The predicted molar refractivity (Wildman–Crippen MR) is 193 cm³/mol. The highest BCUT2D eigenvalue weighted by atomic mass is 16.7. The number of hydrogen-bond acceptors (Lipinski definition) is 14. The number of ether oxygens (including phenoxy) is 7. The molecule has 0 spiro atoms. The van der Waals surface area contributed by atoms with Gasteiger partial charge in [0.15, 0.2) is 18.9 Å². The summed E-state index contributed by atoms with van der Waals surface area (Å²) in [5.74, 6) is 0.204. The Morgan fingerprint density at radius 2 is 1.29 bits per heavy atom. The van der Waals surface area contributed by atoms with E-state index in [1.807, 2.05) is 13.8 Å². The van der Waals surface area contributed by atoms with E-state index in [9.17, 15) is 35.4 Å². The van der Waals surface area contributed by atoms with Crippen LogP contribution >= 0.6 is 0 Å². The van der Waals surface area contributed by atoms with Crippen LogP contribution in [0.15, 0.2) is 11.6 Å². The molecule has 4 heterocycles. The second kappa shape index (κ2) is 15.1. The van der Waals surface area contributed by atoms with Crippen molar-refractivity contribution in [3.63, 3.8) is 0 Å². The lowest BCUT2D eigenvalue weighted by molar-refractivity contribution is -0.336. The largest absolute Gasteiger partial charge is 0.458 e. The summed E-state index contributed by atoms with van der Waals surface area (Å²) in [6.45, 7) is 9.90. The van der Waals surface area contributed by atoms with Crippen molar-refractivity contribution < 1.29 is 68.6 Å². The van der Waals surface area contributed by atoms with Gasteiger partial charge >= 0.3 is 5.97 Å². The summed E-state index contributed by atoms with van der Waals surface area (Å²) in [5, 5.41) is 66.9. The third-order valence-electron chi connectivity index (χ3n) is 16.0. The third-order valence-corrected chi connectivity index (χ3v) is 16.0. The molecule has 0 amide bonds. The van der Waals surface area contributed by atoms with Gasteiger partial charge in [0, 0.05) is 30.8 Å². The summed E-state index contributed by atoms with van der Waals surface area (Å²) in [7, 11) is 0. The Bertz CT molecular complexity index is 1410. The van der Waals surface area contributed by atoms with Crippen molar-refractivity contribution >= 4 is 5.97 Å². The molecule has 8 aliphatic rings. The summed E-state index contributed by atoms with van der Waals surface area (Å²) in [4.78, 5) is 11.9. The van der Waals surface area contributed by atoms with Crippen LogP contribution in [0.1, 0.15) is 105 Å². The lowest BCUT2D eigenvalue weighted by Gasteiger charge is -2.65. The SMILES string of the molecule is C[C@@H]1O[C@@H](O[C@H]2[C@H](C)O[C@H](O[C@H]3[C@H](O)C[C@@H](O[C@@H]4CC[C@]5(C)[C@@H](CC[C@H]6[C@H]5C[C@@H](O)[C@]5(C)[C@@H](C7=CC(=O)OC7)CC[C@]65O)C4)O[C@H]3C)C[C@@H]2O)C[C@H](O)[C@H]1O. The Morgan fingerprint density at radius 3 is 1.87 bits per heavy atom. The first-order valence-electron chi connectivity index (χ1n) is 20.9. The number of hydrogen-bond donors (Lipinski definition) is 6. The van der Waals surface area contributed by atoms with Gasteiger partial charge in [-0.15, -0.1) is 0 Å². The molecule has 21 atom stereocenters. The van der Waals surface area contributed by atoms with E-state index < -0.39 is 90.9 Å². The van der Waals surface area contributed by atoms with Gasteiger partial charge in [-0.05, 0) is 107 Å². The van der Waals surface area contributed by atoms with Gasteiger partial charge in [-0.3, -0.25) is 0 Å². The number of carbonyl (C=O) groups is 1. The normalized spacial score (nSPS) is 55.5. The van der Waals surface area contributed by atoms with Gasteiger partial charge < -0.3 is 63.8 Å². The van der Waals surface area contributed by atoms with E-state index >= 15 is 0 Å². The molecule has 14 heteroatoms. The van der Waals surface area contributed by atoms with Crippen LogP contribution in [0.25, 0.3) is 0 Å². The maximum Gasteiger partial charge on any atom is 0.331 e. The molecule has 0 bridgehead atoms. The van der Waals surface area contributed by atoms with Gasteiger partial charge in [0.2, 0.25) is 0 Å². The van der Waals surface area contributed by atoms with Crippen LogP contribution in [0.5, 0.6) is 0 Å². The fourth-order valence-electron chi connectivity index (χ4n) is 12.8. The number of rotatable bonds is 7. The molecule has 4 aliphatic heterocycles. The summed E-state index contributed by atoms with van der Waals surface area (Å²) >= 11 is 0. The second-order valence-electron chi connectivity index (χ2n) is 18.8. The van der Waals surface area contributed by atoms with Crippen molar-refractivity contribution in [1.82, 2.24) is 0 Å². The van der Waals surface area contributed by atoms with Gasteiger partial charge in [0.05, 0.1) is 54.4 Å². The smallest absolute Gasteiger partial charge is 0.331 e. The fraction of sp³-hybridized carbons (Fsp3) is 0.927. The maximum atomic E-state index is 12.6. The van der Waals surface area contributed by atoms with Crippen LogP contribution in [0.4, 0.5) is 0 Å². The van der Waals surface area contributed by atoms with E-state index in [1.165, 1.54) is 0 Å². The topological polar surface area (TPSA) is 203 Å². The van der Waals surface area contributed by atoms with Gasteiger partial charge in [-0.25, -0.2) is 4.79 Å². The van der Waals surface area contributed by atoms with E-state index in [1.54, 1.807) is 19.9 Å². The fourth-order valence-corrected chi connectivity index (χ4v) is 12.8. The van der Waals surface area contributed by atoms with E-state index in [0.29, 0.717) is 18.8 Å². The number of aliphatic hydroxyl groups is 6. The molecule has 312 valence electrons. The monoisotopic (exact) mass is 780 g/mol. The second-order valence-corrected chi connectivity index (χ2v) is 18.8. The summed E-state index contributed by atoms with van der Waals surface area (Å²) in [5.41, 5.74) is -0.892. The average Bonchev–Trinajstić information content (AvgIpc) is 3.67. The van der Waals surface area contributed by atoms with E-state index in [-0.39, 0.29) is 61.1 Å². The average molecular weight is 781 g/mol. The molecule has 0 aromatic heterocycles. The molecule has 4 saturated carbocycles. The molecule has 0 radical (unpaired) electrons. The highest BCUT2D eigenvalue weighted by molar-refractivity contribution is 5.85. The number of cyclic esters (lactones) is 1. The van der Waals surface area contributed by atoms with Gasteiger partial charge in [0.1, 0.15) is 24.9 Å². The molecule has 0 aromatic rings. The maximum absolute atomic E-state index is 12.6. The van der Waals surface area contributed by atoms with Gasteiger partial charge in [-0.1, -0.05) is 13.8 Å². The molecule has 4 aliphatic carbocycles. The first-order valence-corrected chi connectivity index (χ1v) is 20.9. The zero-order valence-electron chi connectivity index (χ0n) is 32.9. The lowest BCUT2D eigenvalue weighted by atomic mass is 9.42. The minimum Gasteiger partial charge on any atom is -0.458 e. The van der Waals surface area contributed by atoms with Crippen molar-refractivity contribution in [2.24, 2.45) is 34.5 Å². The van der Waals surface area contributed by atoms with E-state index in [0.717, 1.165) is 44.1 Å². The Hall–Kier alpha value is -1.27. The zero-order chi connectivity index (χ0) is 39.2. The molecule has 55 heavy (non-hydrogen) atoms. The van der Waals surface area contributed by atoms with Crippen LogP contribution in [-0.2, 0) is 38.0 Å². The molecular formula is C41H64O14. The Morgan fingerprint density at radius 1 is 0.691 bits per heavy atom. The minimum absolute atomic E-state index is 0.0452. The van der Waals surface area contributed by atoms with E-state index in [2.05, 4.69) is 6.92 Å². The minimum atomic E-state index is -1.01. The molecule has 8 rings (SSSR count). The Kier molecular flexibility index (Phi) is 11.1. The van der Waals surface area contributed by atoms with Crippen LogP contribution in [0.2, 0.25) is 0 Å². The molecule has 0 unspecified atom stereocenters. The van der Waals surface area contributed by atoms with Crippen molar-refractivity contribution in [3.8, 4) is 0 Å². The van der Waals surface area contributed by atoms with Gasteiger partial charge in [-0.2, -0.15) is 0 Å². The van der Waals surface area contributed by atoms with Crippen LogP contribution in [0, 0.1) is 34.5 Å². The molecule has 6 N–H and O–H groups in total. The first-order chi connectivity index (χ1) is 26.0. The van der Waals surface area contributed by atoms with Gasteiger partial charge in [0.25, 0.3) is 0 Å². The molecule has 14 nitrogen and oxygen atoms in total. The van der Waals surface area contributed by atoms with Crippen molar-refractivity contribution in [2.45, 2.75) is 197 Å². The number of carbonyl (C=O) groups excluding carboxylic acids is 1. The summed E-state index contributed by atoms with van der Waals surface area (Å²) in [6, 6.07) is 0. The highest BCUT2D eigenvalue weighted by Crippen LogP contribution is 2.70. The van der Waals surface area contributed by atoms with Crippen LogP contribution in [0.3, 0.4) is 0 Å². The summed E-state index contributed by atoms with van der Waals surface area (Å²) in [6.07, 6.45) is -1.51. The number of esters is 1. The third kappa shape index (κ3) is 6.95. The lowest BCUT2D eigenvalue weighted by Crippen LogP contribution is -2.67. The highest BCUT2D eigenvalue weighted by Gasteiger charge is 2.71. The van der Waals surface area contributed by atoms with Crippen LogP contribution < -0.4 is 0 Å². The standard InChI is InChI=1S/C41H64O14/c1-19-36(47)28(42)15-34(50-19)54-38-21(3)52-35(17-30(38)44)55-37-20(2)51-33(16-29(37)43)53-24-8-10-39(4)23(13-24)6-7-26-27(39)14-31(45)40(5)25(9-11-41(26,40)48)22-12-32(46)49-18-22/h12,19-21,23-31,33-38,42-45,47-48H,6-11,13-18H2,1-5H3/t19-,20-,21-,23-,24+,25+,26-,27+,28-,29+,30-,31+,33+,34-,35+,36-,37+,38-,39+,40-,41-/m0/s1. The zero-order valence-corrected chi connectivity index (χ0v) is 32.9. The summed E-state index contributed by atoms with van der Waals surface area (Å²) < 4.78 is 42.1. The van der Waals surface area contributed by atoms with Crippen molar-refractivity contribution in [1.29, 1.82) is 0 Å². The van der Waals surface area contributed by atoms with E-state index in [4.69, 9.17) is 33.2 Å². The molecule has 3 saturated heterocycles. The van der Waals surface area contributed by atoms with Crippen LogP contribution in [-0.4, -0.2) is 135 Å². The Balaban J connectivity index is 0.837. The molecule has 7 fully saturated rings. The first kappa shape index (κ1) is 40.5. The predicted octanol–water partition coefficient (Wildman–Crippen LogP) is 2.22. The molecule has 0 aromatic carbocycles. The van der Waals surface area contributed by atoms with Crippen molar-refractivity contribution in [2.75, 3.05) is 6.61 Å². The Labute approximate surface area is 323 Å². The van der Waals surface area contributed by atoms with Crippen molar-refractivity contribution in [3.05, 3.63) is 11.6 Å². The molecular weight excluding hydrogens is 716 g/mol. The number of aliphatic hydroxyl groups excluding tert-OH is 5. The quantitative estimate of drug-likeness (QED) is 0.162.